The molecule has 1 aliphatic rings. The first kappa shape index (κ1) is 17.7. The first-order valence-electron chi connectivity index (χ1n) is 7.46. The van der Waals surface area contributed by atoms with Crippen LogP contribution in [0.25, 0.3) is 0 Å². The second-order valence-electron chi connectivity index (χ2n) is 5.51. The lowest BCUT2D eigenvalue weighted by molar-refractivity contribution is -0.122. The quantitative estimate of drug-likeness (QED) is 0.819. The van der Waals surface area contributed by atoms with E-state index in [1.54, 1.807) is 19.2 Å². The van der Waals surface area contributed by atoms with Crippen molar-refractivity contribution in [1.82, 2.24) is 14.5 Å². The summed E-state index contributed by atoms with van der Waals surface area (Å²) < 4.78 is 32.4. The summed E-state index contributed by atoms with van der Waals surface area (Å²) in [6, 6.07) is 5.12. The minimum atomic E-state index is -3.60. The van der Waals surface area contributed by atoms with Crippen LogP contribution in [0.4, 0.5) is 0 Å². The van der Waals surface area contributed by atoms with E-state index >= 15 is 0 Å². The molecule has 1 aliphatic heterocycles. The van der Waals surface area contributed by atoms with E-state index in [9.17, 15) is 13.2 Å². The first-order chi connectivity index (χ1) is 10.9. The highest BCUT2D eigenvalue weighted by Gasteiger charge is 2.31. The zero-order chi connectivity index (χ0) is 17.0. The molecule has 1 amide bonds. The number of nitrogens with zero attached hydrogens (tertiary/aromatic N) is 2. The Morgan fingerprint density at radius 2 is 1.91 bits per heavy atom. The molecule has 23 heavy (non-hydrogen) atoms. The molecule has 0 spiro atoms. The van der Waals surface area contributed by atoms with Gasteiger partial charge in [-0.2, -0.15) is 4.31 Å². The molecule has 0 atom stereocenters. The van der Waals surface area contributed by atoms with E-state index in [2.05, 4.69) is 5.32 Å². The van der Waals surface area contributed by atoms with Crippen LogP contribution >= 0.6 is 0 Å². The van der Waals surface area contributed by atoms with Gasteiger partial charge in [-0.1, -0.05) is 6.07 Å². The number of ether oxygens (including phenoxy) is 1. The van der Waals surface area contributed by atoms with Crippen LogP contribution < -0.4 is 10.1 Å². The normalized spacial score (nSPS) is 17.0. The molecule has 0 saturated carbocycles. The molecule has 1 aromatic rings. The van der Waals surface area contributed by atoms with Gasteiger partial charge in [0.25, 0.3) is 0 Å². The fourth-order valence-corrected chi connectivity index (χ4v) is 4.20. The molecular formula is C15H23N3O4S. The standard InChI is InChI=1S/C15H23N3O4S/c1-12-4-5-13(22-3)14(10-12)23(20,21)18-8-6-17(7-9-18)11-15(19)16-2/h4-5,10H,6-9,11H2,1-3H3,(H,16,19). The first-order valence-corrected chi connectivity index (χ1v) is 8.90. The topological polar surface area (TPSA) is 79.0 Å². The van der Waals surface area contributed by atoms with Gasteiger partial charge >= 0.3 is 0 Å². The second kappa shape index (κ2) is 7.29. The lowest BCUT2D eigenvalue weighted by atomic mass is 10.2. The number of nitrogens with one attached hydrogen (secondary N) is 1. The van der Waals surface area contributed by atoms with Crippen LogP contribution in [0.1, 0.15) is 5.56 Å². The number of rotatable bonds is 5. The molecule has 1 N–H and O–H groups in total. The number of sulfonamides is 1. The molecule has 0 aliphatic carbocycles. The molecule has 128 valence electrons. The Bertz CT molecular complexity index is 667. The molecule has 2 rings (SSSR count). The van der Waals surface area contributed by atoms with Crippen LogP contribution in [-0.2, 0) is 14.8 Å². The Balaban J connectivity index is 2.13. The van der Waals surface area contributed by atoms with Crippen molar-refractivity contribution >= 4 is 15.9 Å². The summed E-state index contributed by atoms with van der Waals surface area (Å²) in [4.78, 5) is 13.5. The van der Waals surface area contributed by atoms with Gasteiger partial charge in [0.05, 0.1) is 13.7 Å². The summed E-state index contributed by atoms with van der Waals surface area (Å²) in [7, 11) is -0.550. The molecule has 8 heteroatoms. The van der Waals surface area contributed by atoms with Crippen LogP contribution in [0.2, 0.25) is 0 Å². The summed E-state index contributed by atoms with van der Waals surface area (Å²) in [6.45, 7) is 3.91. The number of methoxy groups -OCH3 is 1. The number of hydrogen-bond donors (Lipinski definition) is 1. The summed E-state index contributed by atoms with van der Waals surface area (Å²) >= 11 is 0. The van der Waals surface area contributed by atoms with Gasteiger partial charge in [-0.05, 0) is 24.6 Å². The van der Waals surface area contributed by atoms with Crippen LogP contribution in [0.5, 0.6) is 5.75 Å². The Kier molecular flexibility index (Phi) is 5.61. The third kappa shape index (κ3) is 4.01. The largest absolute Gasteiger partial charge is 0.495 e. The highest BCUT2D eigenvalue weighted by molar-refractivity contribution is 7.89. The fourth-order valence-electron chi connectivity index (χ4n) is 2.53. The predicted molar refractivity (Wildman–Crippen MR) is 87.0 cm³/mol. The SMILES string of the molecule is CNC(=O)CN1CCN(S(=O)(=O)c2cc(C)ccc2OC)CC1. The van der Waals surface area contributed by atoms with E-state index in [0.29, 0.717) is 31.9 Å². The Morgan fingerprint density at radius 1 is 1.26 bits per heavy atom. The fraction of sp³-hybridized carbons (Fsp3) is 0.533. The average Bonchev–Trinajstić information content (AvgIpc) is 2.55. The molecule has 0 bridgehead atoms. The summed E-state index contributed by atoms with van der Waals surface area (Å²) in [5.41, 5.74) is 0.864. The van der Waals surface area contributed by atoms with Gasteiger partial charge in [-0.3, -0.25) is 9.69 Å². The second-order valence-corrected chi connectivity index (χ2v) is 7.41. The Morgan fingerprint density at radius 3 is 2.48 bits per heavy atom. The van der Waals surface area contributed by atoms with Crippen molar-refractivity contribution in [3.8, 4) is 5.75 Å². The van der Waals surface area contributed by atoms with Crippen molar-refractivity contribution in [2.75, 3.05) is 46.9 Å². The van der Waals surface area contributed by atoms with E-state index < -0.39 is 10.0 Å². The minimum absolute atomic E-state index is 0.0679. The number of hydrogen-bond acceptors (Lipinski definition) is 5. The minimum Gasteiger partial charge on any atom is -0.495 e. The van der Waals surface area contributed by atoms with E-state index in [-0.39, 0.29) is 17.3 Å². The van der Waals surface area contributed by atoms with Gasteiger partial charge in [0.1, 0.15) is 10.6 Å². The summed E-state index contributed by atoms with van der Waals surface area (Å²) in [5.74, 6) is 0.282. The Labute approximate surface area is 137 Å². The van der Waals surface area contributed by atoms with E-state index in [0.717, 1.165) is 5.56 Å². The molecule has 1 fully saturated rings. The predicted octanol–water partition coefficient (Wildman–Crippen LogP) is 0.0559. The third-order valence-corrected chi connectivity index (χ3v) is 5.83. The summed E-state index contributed by atoms with van der Waals surface area (Å²) in [6.07, 6.45) is 0. The van der Waals surface area contributed by atoms with Crippen molar-refractivity contribution in [3.05, 3.63) is 23.8 Å². The maximum absolute atomic E-state index is 12.9. The maximum atomic E-state index is 12.9. The van der Waals surface area contributed by atoms with Crippen molar-refractivity contribution in [2.24, 2.45) is 0 Å². The van der Waals surface area contributed by atoms with Gasteiger partial charge in [-0.15, -0.1) is 0 Å². The average molecular weight is 341 g/mol. The third-order valence-electron chi connectivity index (χ3n) is 3.91. The lowest BCUT2D eigenvalue weighted by Gasteiger charge is -2.33. The lowest BCUT2D eigenvalue weighted by Crippen LogP contribution is -2.50. The number of piperazine rings is 1. The molecule has 1 saturated heterocycles. The zero-order valence-corrected chi connectivity index (χ0v) is 14.5. The van der Waals surface area contributed by atoms with Crippen LogP contribution in [0.3, 0.4) is 0 Å². The molecule has 1 aromatic carbocycles. The van der Waals surface area contributed by atoms with Gasteiger partial charge in [0.2, 0.25) is 15.9 Å². The van der Waals surface area contributed by atoms with Crippen molar-refractivity contribution in [1.29, 1.82) is 0 Å². The number of benzene rings is 1. The van der Waals surface area contributed by atoms with Crippen molar-refractivity contribution in [2.45, 2.75) is 11.8 Å². The van der Waals surface area contributed by atoms with Crippen molar-refractivity contribution < 1.29 is 17.9 Å². The molecular weight excluding hydrogens is 318 g/mol. The monoisotopic (exact) mass is 341 g/mol. The molecule has 7 nitrogen and oxygen atoms in total. The van der Waals surface area contributed by atoms with E-state index in [1.165, 1.54) is 11.4 Å². The number of aryl methyl sites for hydroxylation is 1. The van der Waals surface area contributed by atoms with Crippen LogP contribution in [0, 0.1) is 6.92 Å². The van der Waals surface area contributed by atoms with Gasteiger partial charge < -0.3 is 10.1 Å². The number of carbonyl (C=O) groups excluding carboxylic acids is 1. The van der Waals surface area contributed by atoms with Gasteiger partial charge in [0, 0.05) is 33.2 Å². The number of carbonyl (C=O) groups is 1. The zero-order valence-electron chi connectivity index (χ0n) is 13.7. The molecule has 0 unspecified atom stereocenters. The molecule has 0 aromatic heterocycles. The van der Waals surface area contributed by atoms with E-state index in [1.807, 2.05) is 17.9 Å². The summed E-state index contributed by atoms with van der Waals surface area (Å²) in [5, 5.41) is 2.57. The highest BCUT2D eigenvalue weighted by Crippen LogP contribution is 2.28. The molecule has 0 radical (unpaired) electrons. The van der Waals surface area contributed by atoms with Crippen molar-refractivity contribution in [3.63, 3.8) is 0 Å². The number of likely N-dealkylation sites (N-methyl/N-ethyl adjacent to an activating group) is 1. The van der Waals surface area contributed by atoms with E-state index in [4.69, 9.17) is 4.74 Å². The smallest absolute Gasteiger partial charge is 0.246 e. The van der Waals surface area contributed by atoms with Crippen LogP contribution in [0.15, 0.2) is 23.1 Å². The van der Waals surface area contributed by atoms with Gasteiger partial charge in [-0.25, -0.2) is 8.42 Å². The molecule has 1 heterocycles. The number of amides is 1. The Hall–Kier alpha value is -1.64. The van der Waals surface area contributed by atoms with Crippen LogP contribution in [-0.4, -0.2) is 70.4 Å². The maximum Gasteiger partial charge on any atom is 0.246 e. The van der Waals surface area contributed by atoms with Gasteiger partial charge in [0.15, 0.2) is 0 Å². The highest BCUT2D eigenvalue weighted by atomic mass is 32.2.